The van der Waals surface area contributed by atoms with Crippen LogP contribution in [0.2, 0.25) is 0 Å². The number of methoxy groups -OCH3 is 1. The summed E-state index contributed by atoms with van der Waals surface area (Å²) in [6, 6.07) is 17.4. The number of carbonyl (C=O) groups is 1. The first-order valence-electron chi connectivity index (χ1n) is 9.57. The van der Waals surface area contributed by atoms with Gasteiger partial charge in [0.2, 0.25) is 11.1 Å². The number of rotatable bonds is 6. The third-order valence-electron chi connectivity index (χ3n) is 4.75. The lowest BCUT2D eigenvalue weighted by atomic mass is 10.0. The third-order valence-corrected chi connectivity index (χ3v) is 5.97. The minimum atomic E-state index is -0.365. The highest BCUT2D eigenvalue weighted by molar-refractivity contribution is 8.00. The first-order chi connectivity index (χ1) is 14.2. The Morgan fingerprint density at radius 1 is 1.17 bits per heavy atom. The number of nitrogens with one attached hydrogen (secondary N) is 2. The number of aromatic nitrogens is 3. The van der Waals surface area contributed by atoms with Gasteiger partial charge in [0.1, 0.15) is 11.0 Å². The van der Waals surface area contributed by atoms with E-state index < -0.39 is 0 Å². The predicted octanol–water partition coefficient (Wildman–Crippen LogP) is 3.24. The van der Waals surface area contributed by atoms with E-state index in [1.165, 1.54) is 11.8 Å². The van der Waals surface area contributed by atoms with Crippen molar-refractivity contribution in [3.63, 3.8) is 0 Å². The van der Waals surface area contributed by atoms with Crippen molar-refractivity contribution in [1.82, 2.24) is 20.2 Å². The lowest BCUT2D eigenvalue weighted by Gasteiger charge is -2.33. The number of benzene rings is 2. The first kappa shape index (κ1) is 19.3. The van der Waals surface area contributed by atoms with Crippen LogP contribution in [0.4, 0.5) is 0 Å². The molecule has 2 aromatic carbocycles. The van der Waals surface area contributed by atoms with Crippen LogP contribution in [-0.2, 0) is 4.79 Å². The van der Waals surface area contributed by atoms with E-state index in [0.717, 1.165) is 29.1 Å². The van der Waals surface area contributed by atoms with Crippen molar-refractivity contribution in [1.29, 1.82) is 0 Å². The molecular formula is C21H23N5O2S. The predicted molar refractivity (Wildman–Crippen MR) is 113 cm³/mol. The number of ether oxygens (including phenoxy) is 1. The molecule has 3 aromatic rings. The molecule has 2 atom stereocenters. The molecule has 2 heterocycles. The molecular weight excluding hydrogens is 386 g/mol. The molecule has 1 aromatic heterocycles. The number of hydrogen-bond acceptors (Lipinski definition) is 6. The summed E-state index contributed by atoms with van der Waals surface area (Å²) < 4.78 is 7.15. The number of thioether (sulfide) groups is 1. The Hall–Kier alpha value is -3.00. The molecule has 0 saturated heterocycles. The molecule has 0 unspecified atom stereocenters. The van der Waals surface area contributed by atoms with Gasteiger partial charge in [0.05, 0.1) is 13.2 Å². The van der Waals surface area contributed by atoms with Crippen molar-refractivity contribution in [3.05, 3.63) is 60.2 Å². The fourth-order valence-electron chi connectivity index (χ4n) is 3.24. The van der Waals surface area contributed by atoms with Crippen molar-refractivity contribution in [3.8, 4) is 17.1 Å². The van der Waals surface area contributed by atoms with E-state index in [1.807, 2.05) is 66.2 Å². The SMILES string of the molecule is CCCNC(=O)[C@@H]1Sc2nnc(-c3ccccc3)n2N[C@@H]1c1ccc(OC)cc1. The van der Waals surface area contributed by atoms with E-state index in [0.29, 0.717) is 11.7 Å². The third kappa shape index (κ3) is 3.93. The van der Waals surface area contributed by atoms with E-state index in [-0.39, 0.29) is 17.2 Å². The van der Waals surface area contributed by atoms with Gasteiger partial charge in [-0.25, -0.2) is 4.68 Å². The standard InChI is InChI=1S/C21H23N5O2S/c1-3-13-22-20(27)18-17(14-9-11-16(28-2)12-10-14)25-26-19(23-24-21(26)29-18)15-7-5-4-6-8-15/h4-12,17-18,25H,3,13H2,1-2H3,(H,22,27)/t17-,18-/m1/s1. The minimum Gasteiger partial charge on any atom is -0.497 e. The summed E-state index contributed by atoms with van der Waals surface area (Å²) in [6.45, 7) is 2.68. The van der Waals surface area contributed by atoms with Crippen LogP contribution in [-0.4, -0.2) is 39.7 Å². The summed E-state index contributed by atoms with van der Waals surface area (Å²) in [5, 5.41) is 12.0. The number of fused-ring (bicyclic) bond motifs is 1. The highest BCUT2D eigenvalue weighted by atomic mass is 32.2. The van der Waals surface area contributed by atoms with E-state index >= 15 is 0 Å². The molecule has 0 radical (unpaired) electrons. The maximum atomic E-state index is 12.9. The number of amides is 1. The molecule has 0 aliphatic carbocycles. The normalized spacial score (nSPS) is 17.9. The van der Waals surface area contributed by atoms with E-state index in [4.69, 9.17) is 4.74 Å². The molecule has 0 spiro atoms. The average molecular weight is 410 g/mol. The molecule has 150 valence electrons. The summed E-state index contributed by atoms with van der Waals surface area (Å²) >= 11 is 1.43. The van der Waals surface area contributed by atoms with Gasteiger partial charge in [-0.3, -0.25) is 4.79 Å². The van der Waals surface area contributed by atoms with Crippen LogP contribution < -0.4 is 15.5 Å². The first-order valence-corrected chi connectivity index (χ1v) is 10.4. The number of nitrogens with zero attached hydrogens (tertiary/aromatic N) is 3. The van der Waals surface area contributed by atoms with Crippen LogP contribution in [0.1, 0.15) is 24.9 Å². The second kappa shape index (κ2) is 8.57. The van der Waals surface area contributed by atoms with Gasteiger partial charge < -0.3 is 15.5 Å². The molecule has 8 heteroatoms. The molecule has 1 amide bonds. The number of hydrogen-bond donors (Lipinski definition) is 2. The molecule has 29 heavy (non-hydrogen) atoms. The van der Waals surface area contributed by atoms with Gasteiger partial charge in [-0.15, -0.1) is 10.2 Å². The van der Waals surface area contributed by atoms with Gasteiger partial charge >= 0.3 is 0 Å². The molecule has 7 nitrogen and oxygen atoms in total. The summed E-state index contributed by atoms with van der Waals surface area (Å²) in [5.74, 6) is 1.49. The number of carbonyl (C=O) groups excluding carboxylic acids is 1. The monoisotopic (exact) mass is 409 g/mol. The Labute approximate surface area is 173 Å². The lowest BCUT2D eigenvalue weighted by molar-refractivity contribution is -0.120. The zero-order valence-electron chi connectivity index (χ0n) is 16.3. The Morgan fingerprint density at radius 3 is 2.62 bits per heavy atom. The minimum absolute atomic E-state index is 0.0133. The molecule has 0 fully saturated rings. The highest BCUT2D eigenvalue weighted by Crippen LogP contribution is 2.38. The van der Waals surface area contributed by atoms with Crippen molar-refractivity contribution >= 4 is 17.7 Å². The second-order valence-electron chi connectivity index (χ2n) is 6.72. The second-order valence-corrected chi connectivity index (χ2v) is 7.83. The van der Waals surface area contributed by atoms with Crippen LogP contribution in [0.5, 0.6) is 5.75 Å². The van der Waals surface area contributed by atoms with Crippen molar-refractivity contribution in [2.24, 2.45) is 0 Å². The summed E-state index contributed by atoms with van der Waals surface area (Å²) in [7, 11) is 1.64. The summed E-state index contributed by atoms with van der Waals surface area (Å²) in [5.41, 5.74) is 5.43. The Bertz CT molecular complexity index is 974. The highest BCUT2D eigenvalue weighted by Gasteiger charge is 2.37. The fraction of sp³-hybridized carbons (Fsp3) is 0.286. The maximum Gasteiger partial charge on any atom is 0.236 e. The topological polar surface area (TPSA) is 81.1 Å². The van der Waals surface area contributed by atoms with Gasteiger partial charge in [-0.1, -0.05) is 61.2 Å². The van der Waals surface area contributed by atoms with Gasteiger partial charge in [-0.2, -0.15) is 0 Å². The van der Waals surface area contributed by atoms with Gasteiger partial charge in [0.25, 0.3) is 0 Å². The van der Waals surface area contributed by atoms with Gasteiger partial charge in [-0.05, 0) is 24.1 Å². The average Bonchev–Trinajstić information content (AvgIpc) is 3.20. The van der Waals surface area contributed by atoms with Crippen LogP contribution in [0.25, 0.3) is 11.4 Å². The zero-order valence-corrected chi connectivity index (χ0v) is 17.1. The van der Waals surface area contributed by atoms with Gasteiger partial charge in [0.15, 0.2) is 5.82 Å². The Balaban J connectivity index is 1.71. The van der Waals surface area contributed by atoms with Crippen LogP contribution in [0, 0.1) is 0 Å². The van der Waals surface area contributed by atoms with Crippen molar-refractivity contribution < 1.29 is 9.53 Å². The maximum absolute atomic E-state index is 12.9. The largest absolute Gasteiger partial charge is 0.497 e. The van der Waals surface area contributed by atoms with Crippen LogP contribution in [0.3, 0.4) is 0 Å². The van der Waals surface area contributed by atoms with Crippen molar-refractivity contribution in [2.45, 2.75) is 29.8 Å². The van der Waals surface area contributed by atoms with Crippen molar-refractivity contribution in [2.75, 3.05) is 19.1 Å². The molecule has 0 saturated carbocycles. The smallest absolute Gasteiger partial charge is 0.236 e. The quantitative estimate of drug-likeness (QED) is 0.651. The molecule has 1 aliphatic heterocycles. The zero-order chi connectivity index (χ0) is 20.2. The molecule has 4 rings (SSSR count). The van der Waals surface area contributed by atoms with Crippen LogP contribution >= 0.6 is 11.8 Å². The van der Waals surface area contributed by atoms with E-state index in [9.17, 15) is 4.79 Å². The Kier molecular flexibility index (Phi) is 5.71. The van der Waals surface area contributed by atoms with Gasteiger partial charge in [0, 0.05) is 12.1 Å². The summed E-state index contributed by atoms with van der Waals surface area (Å²) in [6.07, 6.45) is 0.887. The molecule has 2 N–H and O–H groups in total. The fourth-order valence-corrected chi connectivity index (χ4v) is 4.34. The molecule has 0 bridgehead atoms. The van der Waals surface area contributed by atoms with E-state index in [2.05, 4.69) is 20.9 Å². The lowest BCUT2D eigenvalue weighted by Crippen LogP contribution is -2.44. The van der Waals surface area contributed by atoms with E-state index in [1.54, 1.807) is 7.11 Å². The summed E-state index contributed by atoms with van der Waals surface area (Å²) in [4.78, 5) is 12.9. The Morgan fingerprint density at radius 2 is 1.93 bits per heavy atom. The van der Waals surface area contributed by atoms with Crippen LogP contribution in [0.15, 0.2) is 59.8 Å². The molecule has 1 aliphatic rings.